The highest BCUT2D eigenvalue weighted by Crippen LogP contribution is 2.40. The molecule has 0 saturated carbocycles. The average Bonchev–Trinajstić information content (AvgIpc) is 3.04. The summed E-state index contributed by atoms with van der Waals surface area (Å²) in [5.74, 6) is 0. The van der Waals surface area contributed by atoms with Crippen LogP contribution in [0.4, 0.5) is 0 Å². The number of benzene rings is 4. The maximum atomic E-state index is 10.8. The molecule has 0 spiro atoms. The Labute approximate surface area is 157 Å². The summed E-state index contributed by atoms with van der Waals surface area (Å²) in [6.45, 7) is 3.68. The van der Waals surface area contributed by atoms with E-state index in [4.69, 9.17) is 4.42 Å². The summed E-state index contributed by atoms with van der Waals surface area (Å²) < 4.78 is 5.98. The van der Waals surface area contributed by atoms with Gasteiger partial charge in [0.2, 0.25) is 0 Å². The third-order valence-electron chi connectivity index (χ3n) is 5.25. The summed E-state index contributed by atoms with van der Waals surface area (Å²) in [6, 6.07) is 26.8. The molecule has 5 rings (SSSR count). The summed E-state index contributed by atoms with van der Waals surface area (Å²) in [5, 5.41) is 15.3. The van der Waals surface area contributed by atoms with E-state index in [1.165, 1.54) is 0 Å². The Morgan fingerprint density at radius 1 is 0.704 bits per heavy atom. The van der Waals surface area contributed by atoms with E-state index in [0.717, 1.165) is 49.4 Å². The Bertz CT molecular complexity index is 1300. The summed E-state index contributed by atoms with van der Waals surface area (Å²) in [4.78, 5) is 0. The van der Waals surface area contributed by atoms with Crippen LogP contribution in [0.25, 0.3) is 43.8 Å². The lowest BCUT2D eigenvalue weighted by Gasteiger charge is -2.23. The maximum Gasteiger partial charge on any atom is 0.135 e. The number of aliphatic hydroxyl groups is 1. The zero-order chi connectivity index (χ0) is 18.6. The molecule has 0 amide bonds. The van der Waals surface area contributed by atoms with Crippen LogP contribution in [-0.4, -0.2) is 5.11 Å². The highest BCUT2D eigenvalue weighted by atomic mass is 16.3. The summed E-state index contributed by atoms with van der Waals surface area (Å²) >= 11 is 0. The minimum atomic E-state index is -0.938. The molecule has 2 nitrogen and oxygen atoms in total. The molecule has 1 heterocycles. The van der Waals surface area contributed by atoms with Gasteiger partial charge in [-0.25, -0.2) is 0 Å². The van der Waals surface area contributed by atoms with Gasteiger partial charge in [0.25, 0.3) is 0 Å². The molecule has 27 heavy (non-hydrogen) atoms. The van der Waals surface area contributed by atoms with Gasteiger partial charge in [-0.1, -0.05) is 60.7 Å². The van der Waals surface area contributed by atoms with Crippen LogP contribution >= 0.6 is 0 Å². The van der Waals surface area contributed by atoms with Crippen molar-refractivity contribution in [3.05, 3.63) is 84.4 Å². The SMILES string of the molecule is CC(C)(O)c1ccc2ccccc2c1-c1ccc2oc3ccccc3c2c1. The van der Waals surface area contributed by atoms with E-state index in [2.05, 4.69) is 36.4 Å². The lowest BCUT2D eigenvalue weighted by atomic mass is 9.85. The number of hydrogen-bond acceptors (Lipinski definition) is 2. The van der Waals surface area contributed by atoms with E-state index in [-0.39, 0.29) is 0 Å². The lowest BCUT2D eigenvalue weighted by molar-refractivity contribution is 0.0793. The predicted molar refractivity (Wildman–Crippen MR) is 112 cm³/mol. The van der Waals surface area contributed by atoms with Gasteiger partial charge in [-0.2, -0.15) is 0 Å². The lowest BCUT2D eigenvalue weighted by Crippen LogP contribution is -2.17. The molecule has 0 aliphatic carbocycles. The highest BCUT2D eigenvalue weighted by molar-refractivity contribution is 6.08. The van der Waals surface area contributed by atoms with Crippen molar-refractivity contribution in [2.45, 2.75) is 19.4 Å². The van der Waals surface area contributed by atoms with Crippen LogP contribution in [0.1, 0.15) is 19.4 Å². The molecule has 132 valence electrons. The largest absolute Gasteiger partial charge is 0.456 e. The van der Waals surface area contributed by atoms with Crippen LogP contribution in [0.3, 0.4) is 0 Å². The normalized spacial score (nSPS) is 12.3. The topological polar surface area (TPSA) is 33.4 Å². The second-order valence-corrected chi connectivity index (χ2v) is 7.58. The molecule has 2 heteroatoms. The molecule has 0 aliphatic rings. The van der Waals surface area contributed by atoms with Crippen molar-refractivity contribution in [3.8, 4) is 11.1 Å². The van der Waals surface area contributed by atoms with Crippen LogP contribution in [-0.2, 0) is 5.60 Å². The highest BCUT2D eigenvalue weighted by Gasteiger charge is 2.23. The van der Waals surface area contributed by atoms with Crippen molar-refractivity contribution >= 4 is 32.7 Å². The van der Waals surface area contributed by atoms with Crippen molar-refractivity contribution in [2.75, 3.05) is 0 Å². The molecular weight excluding hydrogens is 332 g/mol. The van der Waals surface area contributed by atoms with Crippen molar-refractivity contribution in [1.82, 2.24) is 0 Å². The fraction of sp³-hybridized carbons (Fsp3) is 0.120. The van der Waals surface area contributed by atoms with Crippen LogP contribution < -0.4 is 0 Å². The van der Waals surface area contributed by atoms with Gasteiger partial charge in [0.05, 0.1) is 5.60 Å². The summed E-state index contributed by atoms with van der Waals surface area (Å²) in [6.07, 6.45) is 0. The second kappa shape index (κ2) is 5.70. The Balaban J connectivity index is 1.88. The van der Waals surface area contributed by atoms with E-state index >= 15 is 0 Å². The van der Waals surface area contributed by atoms with E-state index in [1.807, 2.05) is 56.3 Å². The zero-order valence-electron chi connectivity index (χ0n) is 15.4. The number of para-hydroxylation sites is 1. The van der Waals surface area contributed by atoms with Crippen LogP contribution in [0.5, 0.6) is 0 Å². The minimum Gasteiger partial charge on any atom is -0.456 e. The molecule has 0 fully saturated rings. The first-order valence-electron chi connectivity index (χ1n) is 9.19. The van der Waals surface area contributed by atoms with Crippen molar-refractivity contribution in [1.29, 1.82) is 0 Å². The molecular formula is C25H20O2. The Morgan fingerprint density at radius 2 is 1.41 bits per heavy atom. The number of furan rings is 1. The predicted octanol–water partition coefficient (Wildman–Crippen LogP) is 6.63. The first-order chi connectivity index (χ1) is 13.0. The molecule has 1 aromatic heterocycles. The van der Waals surface area contributed by atoms with Crippen molar-refractivity contribution in [3.63, 3.8) is 0 Å². The summed E-state index contributed by atoms with van der Waals surface area (Å²) in [5.41, 5.74) is 3.92. The second-order valence-electron chi connectivity index (χ2n) is 7.58. The van der Waals surface area contributed by atoms with Gasteiger partial charge in [-0.3, -0.25) is 0 Å². The third-order valence-corrected chi connectivity index (χ3v) is 5.25. The Hall–Kier alpha value is -3.10. The fourth-order valence-corrected chi connectivity index (χ4v) is 3.97. The quantitative estimate of drug-likeness (QED) is 0.386. The third kappa shape index (κ3) is 2.53. The molecule has 0 radical (unpaired) electrons. The first kappa shape index (κ1) is 16.1. The molecule has 0 unspecified atom stereocenters. The molecule has 0 saturated heterocycles. The van der Waals surface area contributed by atoms with Gasteiger partial charge < -0.3 is 9.52 Å². The standard InChI is InChI=1S/C25H20O2/c1-25(2,26)21-13-11-16-7-3-4-8-18(16)24(21)17-12-14-23-20(15-17)19-9-5-6-10-22(19)27-23/h3-15,26H,1-2H3. The molecule has 4 aromatic carbocycles. The molecule has 1 N–H and O–H groups in total. The number of fused-ring (bicyclic) bond motifs is 4. The van der Waals surface area contributed by atoms with Crippen LogP contribution in [0.2, 0.25) is 0 Å². The van der Waals surface area contributed by atoms with E-state index in [9.17, 15) is 5.11 Å². The molecule has 0 atom stereocenters. The maximum absolute atomic E-state index is 10.8. The van der Waals surface area contributed by atoms with E-state index in [0.29, 0.717) is 0 Å². The fourth-order valence-electron chi connectivity index (χ4n) is 3.97. The van der Waals surface area contributed by atoms with Gasteiger partial charge in [-0.05, 0) is 59.5 Å². The van der Waals surface area contributed by atoms with Gasteiger partial charge >= 0.3 is 0 Å². The zero-order valence-corrected chi connectivity index (χ0v) is 15.4. The smallest absolute Gasteiger partial charge is 0.135 e. The average molecular weight is 352 g/mol. The minimum absolute atomic E-state index is 0.880. The van der Waals surface area contributed by atoms with Gasteiger partial charge in [0.15, 0.2) is 0 Å². The van der Waals surface area contributed by atoms with Gasteiger partial charge in [0.1, 0.15) is 11.2 Å². The van der Waals surface area contributed by atoms with Crippen LogP contribution in [0, 0.1) is 0 Å². The number of hydrogen-bond donors (Lipinski definition) is 1. The van der Waals surface area contributed by atoms with Crippen molar-refractivity contribution in [2.24, 2.45) is 0 Å². The van der Waals surface area contributed by atoms with E-state index < -0.39 is 5.60 Å². The first-order valence-corrected chi connectivity index (χ1v) is 9.19. The molecule has 5 aromatic rings. The molecule has 0 bridgehead atoms. The van der Waals surface area contributed by atoms with Gasteiger partial charge in [-0.15, -0.1) is 0 Å². The van der Waals surface area contributed by atoms with Crippen LogP contribution in [0.15, 0.2) is 83.3 Å². The van der Waals surface area contributed by atoms with E-state index in [1.54, 1.807) is 0 Å². The Kier molecular flexibility index (Phi) is 3.40. The van der Waals surface area contributed by atoms with Gasteiger partial charge in [0, 0.05) is 10.8 Å². The monoisotopic (exact) mass is 352 g/mol. The Morgan fingerprint density at radius 3 is 2.22 bits per heavy atom. The number of rotatable bonds is 2. The summed E-state index contributed by atoms with van der Waals surface area (Å²) in [7, 11) is 0. The molecule has 0 aliphatic heterocycles. The van der Waals surface area contributed by atoms with Crippen molar-refractivity contribution < 1.29 is 9.52 Å².